The highest BCUT2D eigenvalue weighted by molar-refractivity contribution is 5.00. The Morgan fingerprint density at radius 2 is 1.95 bits per heavy atom. The highest BCUT2D eigenvalue weighted by Gasteiger charge is 2.21. The molecule has 0 amide bonds. The summed E-state index contributed by atoms with van der Waals surface area (Å²) in [6, 6.07) is 0. The van der Waals surface area contributed by atoms with E-state index in [9.17, 15) is 0 Å². The van der Waals surface area contributed by atoms with Gasteiger partial charge in [-0.1, -0.05) is 19.3 Å². The van der Waals surface area contributed by atoms with Gasteiger partial charge in [0.25, 0.3) is 0 Å². The Labute approximate surface area is 121 Å². The average molecular weight is 277 g/mol. The van der Waals surface area contributed by atoms with E-state index in [2.05, 4.69) is 15.3 Å². The molecule has 0 unspecified atom stereocenters. The van der Waals surface area contributed by atoms with Crippen molar-refractivity contribution in [3.05, 3.63) is 11.6 Å². The lowest BCUT2D eigenvalue weighted by molar-refractivity contribution is 0.273. The molecule has 0 bridgehead atoms. The van der Waals surface area contributed by atoms with Crippen LogP contribution in [-0.2, 0) is 13.6 Å². The monoisotopic (exact) mass is 277 g/mol. The van der Waals surface area contributed by atoms with Gasteiger partial charge in [0.15, 0.2) is 5.82 Å². The Morgan fingerprint density at radius 3 is 2.80 bits per heavy atom. The summed E-state index contributed by atoms with van der Waals surface area (Å²) >= 11 is 0. The number of hydrogen-bond donors (Lipinski definition) is 1. The second-order valence-corrected chi connectivity index (χ2v) is 6.22. The van der Waals surface area contributed by atoms with E-state index < -0.39 is 0 Å². The molecular formula is C15H27N5. The predicted octanol–water partition coefficient (Wildman–Crippen LogP) is 1.66. The van der Waals surface area contributed by atoms with E-state index in [1.165, 1.54) is 45.1 Å². The molecule has 3 rings (SSSR count). The Hall–Kier alpha value is -0.940. The Bertz CT molecular complexity index is 414. The molecule has 0 aromatic carbocycles. The molecule has 0 spiro atoms. The summed E-state index contributed by atoms with van der Waals surface area (Å²) in [7, 11) is 2.05. The van der Waals surface area contributed by atoms with Crippen LogP contribution in [-0.4, -0.2) is 45.8 Å². The predicted molar refractivity (Wildman–Crippen MR) is 79.6 cm³/mol. The molecule has 112 valence electrons. The van der Waals surface area contributed by atoms with Gasteiger partial charge in [-0.15, -0.1) is 0 Å². The van der Waals surface area contributed by atoms with E-state index >= 15 is 0 Å². The average Bonchev–Trinajstić information content (AvgIpc) is 2.68. The van der Waals surface area contributed by atoms with Crippen molar-refractivity contribution in [1.29, 1.82) is 0 Å². The first-order valence-electron chi connectivity index (χ1n) is 8.16. The Morgan fingerprint density at radius 1 is 1.10 bits per heavy atom. The van der Waals surface area contributed by atoms with Crippen LogP contribution in [0.5, 0.6) is 0 Å². The topological polar surface area (TPSA) is 46.0 Å². The lowest BCUT2D eigenvalue weighted by Crippen LogP contribution is -2.28. The zero-order valence-electron chi connectivity index (χ0n) is 12.6. The van der Waals surface area contributed by atoms with E-state index in [0.29, 0.717) is 5.92 Å². The van der Waals surface area contributed by atoms with E-state index in [1.54, 1.807) is 0 Å². The minimum Gasteiger partial charge on any atom is -0.315 e. The van der Waals surface area contributed by atoms with E-state index in [1.807, 2.05) is 11.7 Å². The summed E-state index contributed by atoms with van der Waals surface area (Å²) in [5, 5.41) is 8.14. The maximum absolute atomic E-state index is 4.85. The molecule has 5 nitrogen and oxygen atoms in total. The van der Waals surface area contributed by atoms with Gasteiger partial charge < -0.3 is 5.32 Å². The van der Waals surface area contributed by atoms with Gasteiger partial charge in [-0.3, -0.25) is 9.58 Å². The van der Waals surface area contributed by atoms with Crippen molar-refractivity contribution >= 4 is 0 Å². The number of aryl methyl sites for hydroxylation is 1. The standard InChI is InChI=1S/C15H27N5/c1-19-14(12-20-10-5-8-16-9-11-20)17-15(18-19)13-6-3-2-4-7-13/h13,16H,2-12H2,1H3. The number of rotatable bonds is 3. The molecule has 1 aliphatic heterocycles. The summed E-state index contributed by atoms with van der Waals surface area (Å²) in [5.74, 6) is 2.83. The molecule has 0 radical (unpaired) electrons. The minimum atomic E-state index is 0.606. The number of hydrogen-bond acceptors (Lipinski definition) is 4. The Balaban J connectivity index is 1.65. The van der Waals surface area contributed by atoms with Crippen LogP contribution in [0.4, 0.5) is 0 Å². The lowest BCUT2D eigenvalue weighted by Gasteiger charge is -2.18. The van der Waals surface area contributed by atoms with Gasteiger partial charge in [0.05, 0.1) is 6.54 Å². The zero-order valence-corrected chi connectivity index (χ0v) is 12.6. The number of aromatic nitrogens is 3. The largest absolute Gasteiger partial charge is 0.315 e. The summed E-state index contributed by atoms with van der Waals surface area (Å²) in [6.45, 7) is 5.46. The second-order valence-electron chi connectivity index (χ2n) is 6.22. The molecule has 0 atom stereocenters. The quantitative estimate of drug-likeness (QED) is 0.913. The van der Waals surface area contributed by atoms with E-state index in [4.69, 9.17) is 4.98 Å². The highest BCUT2D eigenvalue weighted by Crippen LogP contribution is 2.30. The molecule has 1 aromatic rings. The smallest absolute Gasteiger partial charge is 0.154 e. The van der Waals surface area contributed by atoms with Crippen molar-refractivity contribution in [2.75, 3.05) is 26.2 Å². The fraction of sp³-hybridized carbons (Fsp3) is 0.867. The molecule has 1 aliphatic carbocycles. The molecule has 2 aliphatic rings. The van der Waals surface area contributed by atoms with Crippen LogP contribution in [0.3, 0.4) is 0 Å². The number of nitrogens with zero attached hydrogens (tertiary/aromatic N) is 4. The molecule has 5 heteroatoms. The normalized spacial score (nSPS) is 22.9. The van der Waals surface area contributed by atoms with Crippen molar-refractivity contribution < 1.29 is 0 Å². The highest BCUT2D eigenvalue weighted by atomic mass is 15.4. The van der Waals surface area contributed by atoms with Crippen LogP contribution in [0, 0.1) is 0 Å². The maximum atomic E-state index is 4.85. The molecule has 2 heterocycles. The summed E-state index contributed by atoms with van der Waals surface area (Å²) in [4.78, 5) is 7.34. The molecule has 20 heavy (non-hydrogen) atoms. The van der Waals surface area contributed by atoms with Gasteiger partial charge in [-0.05, 0) is 32.4 Å². The Kier molecular flexibility index (Phi) is 4.68. The van der Waals surface area contributed by atoms with Crippen LogP contribution in [0.15, 0.2) is 0 Å². The van der Waals surface area contributed by atoms with Crippen molar-refractivity contribution in [2.24, 2.45) is 7.05 Å². The SMILES string of the molecule is Cn1nc(C2CCCCC2)nc1CN1CCCNCC1. The third kappa shape index (κ3) is 3.38. The summed E-state index contributed by atoms with van der Waals surface area (Å²) < 4.78 is 2.00. The molecule has 1 N–H and O–H groups in total. The van der Waals surface area contributed by atoms with Crippen LogP contribution in [0.1, 0.15) is 56.1 Å². The third-order valence-corrected chi connectivity index (χ3v) is 4.64. The van der Waals surface area contributed by atoms with Crippen LogP contribution < -0.4 is 5.32 Å². The number of nitrogens with one attached hydrogen (secondary N) is 1. The van der Waals surface area contributed by atoms with E-state index in [-0.39, 0.29) is 0 Å². The van der Waals surface area contributed by atoms with Crippen molar-refractivity contribution in [2.45, 2.75) is 51.0 Å². The third-order valence-electron chi connectivity index (χ3n) is 4.64. The van der Waals surface area contributed by atoms with Gasteiger partial charge in [-0.2, -0.15) is 5.10 Å². The van der Waals surface area contributed by atoms with Gasteiger partial charge >= 0.3 is 0 Å². The maximum Gasteiger partial charge on any atom is 0.154 e. The van der Waals surface area contributed by atoms with Gasteiger partial charge in [0, 0.05) is 26.1 Å². The van der Waals surface area contributed by atoms with Crippen LogP contribution in [0.25, 0.3) is 0 Å². The van der Waals surface area contributed by atoms with Crippen molar-refractivity contribution in [3.8, 4) is 0 Å². The van der Waals surface area contributed by atoms with Gasteiger partial charge in [0.2, 0.25) is 0 Å². The molecule has 1 aromatic heterocycles. The van der Waals surface area contributed by atoms with Gasteiger partial charge in [-0.25, -0.2) is 4.98 Å². The second kappa shape index (κ2) is 6.68. The fourth-order valence-corrected chi connectivity index (χ4v) is 3.37. The summed E-state index contributed by atoms with van der Waals surface area (Å²) in [6.07, 6.45) is 7.85. The zero-order chi connectivity index (χ0) is 13.8. The van der Waals surface area contributed by atoms with Crippen molar-refractivity contribution in [1.82, 2.24) is 25.0 Å². The fourth-order valence-electron chi connectivity index (χ4n) is 3.37. The van der Waals surface area contributed by atoms with E-state index in [0.717, 1.165) is 37.8 Å². The minimum absolute atomic E-state index is 0.606. The summed E-state index contributed by atoms with van der Waals surface area (Å²) in [5.41, 5.74) is 0. The molecule has 1 saturated heterocycles. The van der Waals surface area contributed by atoms with Gasteiger partial charge in [0.1, 0.15) is 5.82 Å². The van der Waals surface area contributed by atoms with Crippen LogP contribution >= 0.6 is 0 Å². The molecular weight excluding hydrogens is 250 g/mol. The first-order chi connectivity index (χ1) is 9.83. The lowest BCUT2D eigenvalue weighted by atomic mass is 9.89. The first kappa shape index (κ1) is 14.0. The first-order valence-corrected chi connectivity index (χ1v) is 8.16. The van der Waals surface area contributed by atoms with Crippen LogP contribution in [0.2, 0.25) is 0 Å². The van der Waals surface area contributed by atoms with Crippen molar-refractivity contribution in [3.63, 3.8) is 0 Å². The molecule has 2 fully saturated rings. The molecule has 1 saturated carbocycles.